The van der Waals surface area contributed by atoms with Gasteiger partial charge >= 0.3 is 0 Å². The number of ether oxygens (including phenoxy) is 1. The number of aryl methyl sites for hydroxylation is 1. The zero-order chi connectivity index (χ0) is 9.52. The van der Waals surface area contributed by atoms with Crippen LogP contribution in [0.15, 0.2) is 4.52 Å². The zero-order valence-corrected chi connectivity index (χ0v) is 8.38. The number of rotatable bonds is 6. The minimum Gasteiger partial charge on any atom is -0.374 e. The predicted octanol–water partition coefficient (Wildman–Crippen LogP) is 1.78. The molecular weight excluding hydrogens is 192 g/mol. The molecule has 0 atom stereocenters. The van der Waals surface area contributed by atoms with Gasteiger partial charge in [-0.1, -0.05) is 5.16 Å². The highest BCUT2D eigenvalue weighted by Gasteiger charge is 2.04. The molecule has 0 radical (unpaired) electrons. The number of hydrogen-bond acceptors (Lipinski definition) is 4. The van der Waals surface area contributed by atoms with Gasteiger partial charge in [0, 0.05) is 18.9 Å². The summed E-state index contributed by atoms with van der Waals surface area (Å²) in [5.74, 6) is 1.85. The Kier molecular flexibility index (Phi) is 4.78. The molecule has 1 aromatic heterocycles. The van der Waals surface area contributed by atoms with E-state index in [9.17, 15) is 0 Å². The first-order valence-electron chi connectivity index (χ1n) is 4.32. The maximum absolute atomic E-state index is 5.53. The van der Waals surface area contributed by atoms with E-state index in [1.165, 1.54) is 0 Å². The van der Waals surface area contributed by atoms with Crippen molar-refractivity contribution < 1.29 is 9.26 Å². The summed E-state index contributed by atoms with van der Waals surface area (Å²) in [4.78, 5) is 4.12. The number of nitrogens with zero attached hydrogens (tertiary/aromatic N) is 2. The largest absolute Gasteiger partial charge is 0.374 e. The van der Waals surface area contributed by atoms with E-state index in [2.05, 4.69) is 10.1 Å². The SMILES string of the molecule is CCOCc1noc(CCCCl)n1. The van der Waals surface area contributed by atoms with Gasteiger partial charge in [-0.05, 0) is 13.3 Å². The summed E-state index contributed by atoms with van der Waals surface area (Å²) < 4.78 is 10.1. The number of halogens is 1. The molecule has 0 N–H and O–H groups in total. The molecule has 1 heterocycles. The lowest BCUT2D eigenvalue weighted by atomic mass is 10.3. The second-order valence-electron chi connectivity index (χ2n) is 2.53. The third-order valence-corrected chi connectivity index (χ3v) is 1.74. The van der Waals surface area contributed by atoms with Gasteiger partial charge in [-0.25, -0.2) is 0 Å². The maximum Gasteiger partial charge on any atom is 0.226 e. The van der Waals surface area contributed by atoms with Crippen LogP contribution in [-0.2, 0) is 17.8 Å². The summed E-state index contributed by atoms with van der Waals surface area (Å²) >= 11 is 5.53. The molecule has 5 heteroatoms. The summed E-state index contributed by atoms with van der Waals surface area (Å²) in [6.45, 7) is 3.00. The van der Waals surface area contributed by atoms with Crippen molar-refractivity contribution in [2.75, 3.05) is 12.5 Å². The van der Waals surface area contributed by atoms with Crippen LogP contribution in [0.3, 0.4) is 0 Å². The van der Waals surface area contributed by atoms with E-state index < -0.39 is 0 Å². The summed E-state index contributed by atoms with van der Waals surface area (Å²) in [6, 6.07) is 0. The lowest BCUT2D eigenvalue weighted by Crippen LogP contribution is -1.94. The highest BCUT2D eigenvalue weighted by atomic mass is 35.5. The van der Waals surface area contributed by atoms with Gasteiger partial charge in [0.05, 0.1) is 0 Å². The molecule has 1 rings (SSSR count). The molecule has 1 aromatic rings. The summed E-state index contributed by atoms with van der Waals surface area (Å²) in [6.07, 6.45) is 1.60. The third kappa shape index (κ3) is 3.74. The Morgan fingerprint density at radius 3 is 3.08 bits per heavy atom. The normalized spacial score (nSPS) is 10.6. The molecule has 0 unspecified atom stereocenters. The molecule has 0 spiro atoms. The topological polar surface area (TPSA) is 48.2 Å². The molecule has 0 saturated carbocycles. The van der Waals surface area contributed by atoms with Gasteiger partial charge in [-0.15, -0.1) is 11.6 Å². The fourth-order valence-corrected chi connectivity index (χ4v) is 0.995. The van der Waals surface area contributed by atoms with Crippen molar-refractivity contribution in [2.24, 2.45) is 0 Å². The first-order chi connectivity index (χ1) is 6.36. The first kappa shape index (κ1) is 10.5. The summed E-state index contributed by atoms with van der Waals surface area (Å²) in [5, 5.41) is 3.75. The van der Waals surface area contributed by atoms with E-state index in [1.54, 1.807) is 0 Å². The van der Waals surface area contributed by atoms with E-state index in [0.717, 1.165) is 12.8 Å². The van der Waals surface area contributed by atoms with Crippen molar-refractivity contribution in [2.45, 2.75) is 26.4 Å². The standard InChI is InChI=1S/C8H13ClN2O2/c1-2-12-6-7-10-8(13-11-7)4-3-5-9/h2-6H2,1H3. The summed E-state index contributed by atoms with van der Waals surface area (Å²) in [7, 11) is 0. The number of aromatic nitrogens is 2. The molecule has 0 bridgehead atoms. The predicted molar refractivity (Wildman–Crippen MR) is 48.7 cm³/mol. The highest BCUT2D eigenvalue weighted by molar-refractivity contribution is 6.17. The van der Waals surface area contributed by atoms with Gasteiger partial charge in [0.15, 0.2) is 5.82 Å². The highest BCUT2D eigenvalue weighted by Crippen LogP contribution is 2.02. The summed E-state index contributed by atoms with van der Waals surface area (Å²) in [5.41, 5.74) is 0. The molecule has 0 aliphatic heterocycles. The van der Waals surface area contributed by atoms with Crippen LogP contribution >= 0.6 is 11.6 Å². The Hall–Kier alpha value is -0.610. The van der Waals surface area contributed by atoms with Crippen molar-refractivity contribution in [1.82, 2.24) is 10.1 Å². The number of alkyl halides is 1. The van der Waals surface area contributed by atoms with Gasteiger partial charge in [0.1, 0.15) is 6.61 Å². The van der Waals surface area contributed by atoms with Crippen LogP contribution < -0.4 is 0 Å². The second kappa shape index (κ2) is 5.94. The van der Waals surface area contributed by atoms with E-state index in [0.29, 0.717) is 30.8 Å². The molecule has 4 nitrogen and oxygen atoms in total. The molecule has 0 saturated heterocycles. The van der Waals surface area contributed by atoms with Crippen molar-refractivity contribution in [1.29, 1.82) is 0 Å². The second-order valence-corrected chi connectivity index (χ2v) is 2.91. The van der Waals surface area contributed by atoms with Gasteiger partial charge in [-0.3, -0.25) is 0 Å². The Morgan fingerprint density at radius 2 is 2.38 bits per heavy atom. The fraction of sp³-hybridized carbons (Fsp3) is 0.750. The van der Waals surface area contributed by atoms with Crippen LogP contribution in [0.2, 0.25) is 0 Å². The minimum absolute atomic E-state index is 0.418. The Morgan fingerprint density at radius 1 is 1.54 bits per heavy atom. The lowest BCUT2D eigenvalue weighted by molar-refractivity contribution is 0.126. The van der Waals surface area contributed by atoms with Crippen LogP contribution in [0.1, 0.15) is 25.1 Å². The zero-order valence-electron chi connectivity index (χ0n) is 7.62. The minimum atomic E-state index is 0.418. The Bertz CT molecular complexity index is 217. The van der Waals surface area contributed by atoms with Crippen LogP contribution in [-0.4, -0.2) is 22.6 Å². The van der Waals surface area contributed by atoms with Crippen molar-refractivity contribution in [3.8, 4) is 0 Å². The van der Waals surface area contributed by atoms with E-state index >= 15 is 0 Å². The molecule has 74 valence electrons. The first-order valence-corrected chi connectivity index (χ1v) is 4.85. The lowest BCUT2D eigenvalue weighted by Gasteiger charge is -1.92. The average molecular weight is 205 g/mol. The molecule has 0 amide bonds. The maximum atomic E-state index is 5.53. The Labute approximate surface area is 82.2 Å². The van der Waals surface area contributed by atoms with Gasteiger partial charge in [-0.2, -0.15) is 4.98 Å². The molecule has 0 fully saturated rings. The number of hydrogen-bond donors (Lipinski definition) is 0. The van der Waals surface area contributed by atoms with Crippen molar-refractivity contribution in [3.63, 3.8) is 0 Å². The molecule has 13 heavy (non-hydrogen) atoms. The molecule has 0 aliphatic rings. The fourth-order valence-electron chi connectivity index (χ4n) is 0.862. The monoisotopic (exact) mass is 204 g/mol. The molecular formula is C8H13ClN2O2. The van der Waals surface area contributed by atoms with Crippen molar-refractivity contribution in [3.05, 3.63) is 11.7 Å². The van der Waals surface area contributed by atoms with Crippen LogP contribution in [0, 0.1) is 0 Å². The van der Waals surface area contributed by atoms with Gasteiger partial charge in [0.2, 0.25) is 5.89 Å². The van der Waals surface area contributed by atoms with Gasteiger partial charge in [0.25, 0.3) is 0 Å². The van der Waals surface area contributed by atoms with Crippen LogP contribution in [0.25, 0.3) is 0 Å². The smallest absolute Gasteiger partial charge is 0.226 e. The van der Waals surface area contributed by atoms with E-state index in [4.69, 9.17) is 20.9 Å². The molecule has 0 aliphatic carbocycles. The Balaban J connectivity index is 2.34. The average Bonchev–Trinajstić information content (AvgIpc) is 2.59. The van der Waals surface area contributed by atoms with Crippen LogP contribution in [0.4, 0.5) is 0 Å². The van der Waals surface area contributed by atoms with E-state index in [1.807, 2.05) is 6.92 Å². The molecule has 0 aromatic carbocycles. The quantitative estimate of drug-likeness (QED) is 0.663. The van der Waals surface area contributed by atoms with E-state index in [-0.39, 0.29) is 0 Å². The third-order valence-electron chi connectivity index (χ3n) is 1.47. The van der Waals surface area contributed by atoms with Gasteiger partial charge < -0.3 is 9.26 Å². The van der Waals surface area contributed by atoms with Crippen molar-refractivity contribution >= 4 is 11.6 Å². The van der Waals surface area contributed by atoms with Crippen LogP contribution in [0.5, 0.6) is 0 Å².